The van der Waals surface area contributed by atoms with Gasteiger partial charge in [0.2, 0.25) is 0 Å². The molecule has 0 amide bonds. The molecule has 0 aliphatic rings. The lowest BCUT2D eigenvalue weighted by molar-refractivity contribution is 0.176. The minimum atomic E-state index is -0.409. The van der Waals surface area contributed by atoms with Gasteiger partial charge in [0.25, 0.3) is 0 Å². The van der Waals surface area contributed by atoms with Gasteiger partial charge in [-0.3, -0.25) is 9.71 Å². The normalized spacial score (nSPS) is 12.4. The topological polar surface area (TPSA) is 57.2 Å². The van der Waals surface area contributed by atoms with E-state index >= 15 is 0 Å². The van der Waals surface area contributed by atoms with Crippen LogP contribution in [0.1, 0.15) is 5.56 Å². The zero-order valence-electron chi connectivity index (χ0n) is 14.1. The molecule has 0 radical (unpaired) electrons. The predicted octanol–water partition coefficient (Wildman–Crippen LogP) is 3.02. The molecular formula is C20H23N3OS. The monoisotopic (exact) mass is 353 g/mol. The number of aliphatic hydroxyl groups excluding tert-OH is 1. The van der Waals surface area contributed by atoms with Gasteiger partial charge >= 0.3 is 0 Å². The summed E-state index contributed by atoms with van der Waals surface area (Å²) in [4.78, 5) is 5.25. The average molecular weight is 353 g/mol. The number of pyridine rings is 1. The molecule has 0 aliphatic carbocycles. The Morgan fingerprint density at radius 2 is 1.88 bits per heavy atom. The van der Waals surface area contributed by atoms with Gasteiger partial charge in [0.05, 0.1) is 6.10 Å². The fraction of sp³-hybridized carbons (Fsp3) is 0.250. The highest BCUT2D eigenvalue weighted by Gasteiger charge is 2.04. The molecule has 2 aromatic carbocycles. The molecule has 5 heteroatoms. The summed E-state index contributed by atoms with van der Waals surface area (Å²) in [5.41, 5.74) is 1.31. The predicted molar refractivity (Wildman–Crippen MR) is 105 cm³/mol. The smallest absolute Gasteiger partial charge is 0.0798 e. The molecule has 0 saturated heterocycles. The fourth-order valence-electron chi connectivity index (χ4n) is 2.56. The van der Waals surface area contributed by atoms with Crippen molar-refractivity contribution in [3.63, 3.8) is 0 Å². The first-order chi connectivity index (χ1) is 12.3. The molecule has 1 atom stereocenters. The second kappa shape index (κ2) is 9.53. The van der Waals surface area contributed by atoms with Crippen molar-refractivity contribution in [3.8, 4) is 0 Å². The first-order valence-corrected chi connectivity index (χ1v) is 9.29. The second-order valence-electron chi connectivity index (χ2n) is 5.93. The number of aromatic nitrogens is 1. The summed E-state index contributed by atoms with van der Waals surface area (Å²) in [6.07, 6.45) is 4.23. The van der Waals surface area contributed by atoms with E-state index in [-0.39, 0.29) is 0 Å². The third-order valence-electron chi connectivity index (χ3n) is 3.93. The van der Waals surface area contributed by atoms with Crippen LogP contribution in [0, 0.1) is 0 Å². The highest BCUT2D eigenvalue weighted by Crippen LogP contribution is 2.20. The highest BCUT2D eigenvalue weighted by molar-refractivity contribution is 7.97. The fourth-order valence-corrected chi connectivity index (χ4v) is 3.33. The van der Waals surface area contributed by atoms with Gasteiger partial charge in [0, 0.05) is 35.8 Å². The quantitative estimate of drug-likeness (QED) is 0.408. The van der Waals surface area contributed by atoms with Crippen LogP contribution in [0.2, 0.25) is 0 Å². The molecule has 3 N–H and O–H groups in total. The van der Waals surface area contributed by atoms with Crippen LogP contribution in [-0.2, 0) is 6.42 Å². The Kier molecular flexibility index (Phi) is 6.82. The minimum absolute atomic E-state index is 0.409. The van der Waals surface area contributed by atoms with E-state index in [1.165, 1.54) is 10.9 Å². The van der Waals surface area contributed by atoms with E-state index in [1.54, 1.807) is 18.1 Å². The van der Waals surface area contributed by atoms with Crippen LogP contribution >= 0.6 is 11.9 Å². The van der Waals surface area contributed by atoms with Crippen molar-refractivity contribution in [2.45, 2.75) is 17.4 Å². The van der Waals surface area contributed by atoms with Crippen LogP contribution in [0.25, 0.3) is 10.8 Å². The van der Waals surface area contributed by atoms with Gasteiger partial charge in [0.15, 0.2) is 0 Å². The Hall–Kier alpha value is -1.92. The molecule has 3 aromatic rings. The summed E-state index contributed by atoms with van der Waals surface area (Å²) in [5.74, 6) is 0. The van der Waals surface area contributed by atoms with Crippen LogP contribution in [0.4, 0.5) is 0 Å². The Balaban J connectivity index is 1.33. The maximum absolute atomic E-state index is 10.0. The lowest BCUT2D eigenvalue weighted by Crippen LogP contribution is -2.34. The third-order valence-corrected chi connectivity index (χ3v) is 4.73. The lowest BCUT2D eigenvalue weighted by Gasteiger charge is -2.12. The summed E-state index contributed by atoms with van der Waals surface area (Å²) in [7, 11) is 0. The summed E-state index contributed by atoms with van der Waals surface area (Å²) in [6.45, 7) is 1.99. The van der Waals surface area contributed by atoms with Gasteiger partial charge in [-0.1, -0.05) is 36.4 Å². The first-order valence-electron chi connectivity index (χ1n) is 8.47. The number of fused-ring (bicyclic) bond motifs is 1. The molecule has 0 spiro atoms. The Labute approximate surface area is 152 Å². The Bertz CT molecular complexity index is 782. The maximum atomic E-state index is 10.0. The first kappa shape index (κ1) is 17.9. The van der Waals surface area contributed by atoms with Gasteiger partial charge in [0.1, 0.15) is 0 Å². The molecular weight excluding hydrogens is 330 g/mol. The number of benzene rings is 2. The molecule has 0 aliphatic heterocycles. The SMILES string of the molecule is OC(CNCCc1ccccc1)CNSc1ccc2cnccc2c1. The van der Waals surface area contributed by atoms with E-state index in [1.807, 2.05) is 18.3 Å². The molecule has 1 aromatic heterocycles. The van der Waals surface area contributed by atoms with Crippen molar-refractivity contribution >= 4 is 22.7 Å². The molecule has 1 unspecified atom stereocenters. The minimum Gasteiger partial charge on any atom is -0.390 e. The molecule has 4 nitrogen and oxygen atoms in total. The molecule has 0 saturated carbocycles. The van der Waals surface area contributed by atoms with Gasteiger partial charge in [-0.15, -0.1) is 0 Å². The van der Waals surface area contributed by atoms with Gasteiger partial charge in [-0.2, -0.15) is 0 Å². The summed E-state index contributed by atoms with van der Waals surface area (Å²) in [6, 6.07) is 18.6. The highest BCUT2D eigenvalue weighted by atomic mass is 32.2. The van der Waals surface area contributed by atoms with E-state index in [2.05, 4.69) is 57.5 Å². The summed E-state index contributed by atoms with van der Waals surface area (Å²) >= 11 is 1.54. The van der Waals surface area contributed by atoms with Crippen LogP contribution in [-0.4, -0.2) is 35.8 Å². The summed E-state index contributed by atoms with van der Waals surface area (Å²) in [5, 5.41) is 15.7. The van der Waals surface area contributed by atoms with E-state index in [0.29, 0.717) is 13.1 Å². The number of aliphatic hydroxyl groups is 1. The van der Waals surface area contributed by atoms with Crippen LogP contribution in [0.5, 0.6) is 0 Å². The van der Waals surface area contributed by atoms with E-state index < -0.39 is 6.10 Å². The number of hydrogen-bond acceptors (Lipinski definition) is 5. The van der Waals surface area contributed by atoms with E-state index in [4.69, 9.17) is 0 Å². The number of rotatable bonds is 9. The standard InChI is InChI=1S/C20H23N3OS/c24-19(14-22-10-8-16-4-2-1-3-5-16)15-23-25-20-7-6-18-13-21-11-9-17(18)12-20/h1-7,9,11-13,19,22-24H,8,10,14-15H2. The third kappa shape index (κ3) is 5.83. The molecule has 1 heterocycles. The average Bonchev–Trinajstić information content (AvgIpc) is 2.66. The molecule has 130 valence electrons. The zero-order chi connectivity index (χ0) is 17.3. The number of nitrogens with zero attached hydrogens (tertiary/aromatic N) is 1. The Morgan fingerprint density at radius 1 is 1.00 bits per heavy atom. The molecule has 25 heavy (non-hydrogen) atoms. The van der Waals surface area contributed by atoms with Crippen LogP contribution in [0.3, 0.4) is 0 Å². The van der Waals surface area contributed by atoms with Crippen molar-refractivity contribution in [2.24, 2.45) is 0 Å². The molecule has 0 fully saturated rings. The Morgan fingerprint density at radius 3 is 2.76 bits per heavy atom. The van der Waals surface area contributed by atoms with Gasteiger partial charge < -0.3 is 10.4 Å². The van der Waals surface area contributed by atoms with E-state index in [9.17, 15) is 5.11 Å². The van der Waals surface area contributed by atoms with Crippen molar-refractivity contribution in [3.05, 3.63) is 72.6 Å². The largest absolute Gasteiger partial charge is 0.390 e. The second-order valence-corrected chi connectivity index (χ2v) is 6.89. The van der Waals surface area contributed by atoms with Gasteiger partial charge in [-0.05, 0) is 54.1 Å². The number of hydrogen-bond donors (Lipinski definition) is 3. The van der Waals surface area contributed by atoms with Gasteiger partial charge in [-0.25, -0.2) is 0 Å². The zero-order valence-corrected chi connectivity index (χ0v) is 14.9. The van der Waals surface area contributed by atoms with E-state index in [0.717, 1.165) is 23.2 Å². The molecule has 0 bridgehead atoms. The van der Waals surface area contributed by atoms with Crippen molar-refractivity contribution in [1.29, 1.82) is 0 Å². The summed E-state index contributed by atoms with van der Waals surface area (Å²) < 4.78 is 3.24. The van der Waals surface area contributed by atoms with Crippen molar-refractivity contribution in [2.75, 3.05) is 19.6 Å². The van der Waals surface area contributed by atoms with Crippen molar-refractivity contribution < 1.29 is 5.11 Å². The van der Waals surface area contributed by atoms with Crippen molar-refractivity contribution in [1.82, 2.24) is 15.0 Å². The number of nitrogens with one attached hydrogen (secondary N) is 2. The van der Waals surface area contributed by atoms with Crippen LogP contribution in [0.15, 0.2) is 71.9 Å². The molecule has 3 rings (SSSR count). The van der Waals surface area contributed by atoms with Crippen LogP contribution < -0.4 is 10.0 Å². The lowest BCUT2D eigenvalue weighted by atomic mass is 10.1. The maximum Gasteiger partial charge on any atom is 0.0798 e.